The molecule has 2 aromatic rings. The van der Waals surface area contributed by atoms with Gasteiger partial charge >= 0.3 is 5.97 Å². The number of unbranched alkanes of at least 4 members (excludes halogenated alkanes) is 1. The summed E-state index contributed by atoms with van der Waals surface area (Å²) in [7, 11) is 0. The van der Waals surface area contributed by atoms with Crippen LogP contribution in [0.3, 0.4) is 0 Å². The summed E-state index contributed by atoms with van der Waals surface area (Å²) in [5, 5.41) is 5.97. The van der Waals surface area contributed by atoms with E-state index in [1.807, 2.05) is 67.6 Å². The molecule has 0 radical (unpaired) electrons. The van der Waals surface area contributed by atoms with Crippen LogP contribution in [0.2, 0.25) is 0 Å². The number of para-hydroxylation sites is 2. The van der Waals surface area contributed by atoms with Crippen molar-refractivity contribution in [3.05, 3.63) is 60.7 Å². The van der Waals surface area contributed by atoms with Crippen LogP contribution in [0.25, 0.3) is 0 Å². The van der Waals surface area contributed by atoms with Crippen molar-refractivity contribution in [3.8, 4) is 0 Å². The predicted octanol–water partition coefficient (Wildman–Crippen LogP) is 4.03. The Hall–Kier alpha value is -3.15. The summed E-state index contributed by atoms with van der Waals surface area (Å²) in [4.78, 5) is 30.1. The molecule has 0 aromatic heterocycles. The first-order valence-corrected chi connectivity index (χ1v) is 9.58. The van der Waals surface area contributed by atoms with Gasteiger partial charge in [0.2, 0.25) is 11.9 Å². The molecule has 3 rings (SSSR count). The summed E-state index contributed by atoms with van der Waals surface area (Å²) < 4.78 is 5.15. The second-order valence-corrected chi connectivity index (χ2v) is 6.81. The van der Waals surface area contributed by atoms with Gasteiger partial charge in [0.05, 0.1) is 12.3 Å². The molecule has 146 valence electrons. The number of cyclic esters (lactones) is 1. The number of esters is 1. The lowest BCUT2D eigenvalue weighted by atomic mass is 9.80. The van der Waals surface area contributed by atoms with E-state index in [-0.39, 0.29) is 18.5 Å². The summed E-state index contributed by atoms with van der Waals surface area (Å²) in [5.74, 6) is -0.545. The van der Waals surface area contributed by atoms with Gasteiger partial charge in [-0.3, -0.25) is 14.9 Å². The Morgan fingerprint density at radius 1 is 1.11 bits per heavy atom. The van der Waals surface area contributed by atoms with Gasteiger partial charge in [0.1, 0.15) is 5.41 Å². The van der Waals surface area contributed by atoms with Crippen LogP contribution in [-0.2, 0) is 14.3 Å². The van der Waals surface area contributed by atoms with Gasteiger partial charge in [-0.05, 0) is 30.7 Å². The molecule has 0 bridgehead atoms. The van der Waals surface area contributed by atoms with E-state index in [0.29, 0.717) is 18.5 Å². The largest absolute Gasteiger partial charge is 0.465 e. The Kier molecular flexibility index (Phi) is 6.42. The highest BCUT2D eigenvalue weighted by molar-refractivity contribution is 6.13. The first-order chi connectivity index (χ1) is 13.6. The number of benzene rings is 2. The molecule has 1 unspecified atom stereocenters. The molecule has 1 heterocycles. The minimum Gasteiger partial charge on any atom is -0.465 e. The molecule has 28 heavy (non-hydrogen) atoms. The van der Waals surface area contributed by atoms with Gasteiger partial charge in [-0.25, -0.2) is 4.99 Å². The van der Waals surface area contributed by atoms with E-state index in [4.69, 9.17) is 4.74 Å². The highest BCUT2D eigenvalue weighted by Crippen LogP contribution is 2.36. The lowest BCUT2D eigenvalue weighted by molar-refractivity contribution is -0.152. The van der Waals surface area contributed by atoms with Crippen LogP contribution >= 0.6 is 0 Å². The van der Waals surface area contributed by atoms with Crippen molar-refractivity contribution in [3.63, 3.8) is 0 Å². The number of amides is 1. The standard InChI is InChI=1S/C22H25N3O3/c1-2-3-14-22(15-16-28-20(22)27)19(26)25-21(23-17-10-6-4-7-11-17)24-18-12-8-5-9-13-18/h4-13H,2-3,14-16H2,1H3,(H2,23,24,25,26). The van der Waals surface area contributed by atoms with Crippen molar-refractivity contribution in [2.45, 2.75) is 32.6 Å². The third-order valence-electron chi connectivity index (χ3n) is 4.81. The minimum atomic E-state index is -1.15. The van der Waals surface area contributed by atoms with Gasteiger partial charge in [-0.2, -0.15) is 0 Å². The van der Waals surface area contributed by atoms with Crippen LogP contribution in [0, 0.1) is 5.41 Å². The zero-order valence-electron chi connectivity index (χ0n) is 16.0. The zero-order valence-corrected chi connectivity index (χ0v) is 16.0. The van der Waals surface area contributed by atoms with Gasteiger partial charge in [0.25, 0.3) is 0 Å². The molecule has 2 aromatic carbocycles. The van der Waals surface area contributed by atoms with E-state index in [2.05, 4.69) is 15.6 Å². The number of rotatable bonds is 6. The number of carbonyl (C=O) groups is 2. The van der Waals surface area contributed by atoms with Crippen LogP contribution < -0.4 is 10.6 Å². The summed E-state index contributed by atoms with van der Waals surface area (Å²) in [6.07, 6.45) is 2.54. The first kappa shape index (κ1) is 19.6. The first-order valence-electron chi connectivity index (χ1n) is 9.58. The molecule has 1 saturated heterocycles. The molecule has 1 fully saturated rings. The number of nitrogens with one attached hydrogen (secondary N) is 2. The second kappa shape index (κ2) is 9.17. The van der Waals surface area contributed by atoms with Gasteiger partial charge in [-0.15, -0.1) is 0 Å². The lowest BCUT2D eigenvalue weighted by Crippen LogP contribution is -2.48. The molecule has 0 spiro atoms. The van der Waals surface area contributed by atoms with E-state index < -0.39 is 11.4 Å². The zero-order chi connectivity index (χ0) is 19.8. The Balaban J connectivity index is 1.86. The van der Waals surface area contributed by atoms with Crippen LogP contribution in [0.5, 0.6) is 0 Å². The topological polar surface area (TPSA) is 79.8 Å². The highest BCUT2D eigenvalue weighted by atomic mass is 16.5. The second-order valence-electron chi connectivity index (χ2n) is 6.81. The predicted molar refractivity (Wildman–Crippen MR) is 109 cm³/mol. The molecule has 0 aliphatic carbocycles. The molecule has 1 aliphatic heterocycles. The molecule has 2 N–H and O–H groups in total. The van der Waals surface area contributed by atoms with Crippen molar-refractivity contribution in [2.75, 3.05) is 11.9 Å². The maximum Gasteiger partial charge on any atom is 0.321 e. The Labute approximate surface area is 165 Å². The smallest absolute Gasteiger partial charge is 0.321 e. The summed E-state index contributed by atoms with van der Waals surface area (Å²) in [6, 6.07) is 18.8. The minimum absolute atomic E-state index is 0.271. The van der Waals surface area contributed by atoms with Crippen LogP contribution in [0.1, 0.15) is 32.6 Å². The molecule has 0 saturated carbocycles. The molecule has 1 amide bonds. The van der Waals surface area contributed by atoms with Gasteiger partial charge in [0.15, 0.2) is 0 Å². The number of hydrogen-bond acceptors (Lipinski definition) is 4. The SMILES string of the molecule is CCCCC1(C(=O)NC(=Nc2ccccc2)Nc2ccccc2)CCOC1=O. The van der Waals surface area contributed by atoms with Gasteiger partial charge in [0, 0.05) is 12.1 Å². The maximum atomic E-state index is 13.1. The van der Waals surface area contributed by atoms with Crippen molar-refractivity contribution in [1.82, 2.24) is 5.32 Å². The number of nitrogens with zero attached hydrogens (tertiary/aromatic N) is 1. The van der Waals surface area contributed by atoms with E-state index in [1.165, 1.54) is 0 Å². The molecule has 1 aliphatic rings. The molecular weight excluding hydrogens is 354 g/mol. The van der Waals surface area contributed by atoms with Crippen molar-refractivity contribution < 1.29 is 14.3 Å². The van der Waals surface area contributed by atoms with Gasteiger partial charge < -0.3 is 10.1 Å². The Morgan fingerprint density at radius 3 is 2.39 bits per heavy atom. The van der Waals surface area contributed by atoms with Crippen LogP contribution in [-0.4, -0.2) is 24.4 Å². The maximum absolute atomic E-state index is 13.1. The molecule has 1 atom stereocenters. The lowest BCUT2D eigenvalue weighted by Gasteiger charge is -2.24. The number of hydrogen-bond donors (Lipinski definition) is 2. The Bertz CT molecular complexity index is 837. The molecular formula is C22H25N3O3. The van der Waals surface area contributed by atoms with E-state index >= 15 is 0 Å². The summed E-state index contributed by atoms with van der Waals surface area (Å²) >= 11 is 0. The molecule has 6 nitrogen and oxygen atoms in total. The van der Waals surface area contributed by atoms with E-state index in [9.17, 15) is 9.59 Å². The molecule has 6 heteroatoms. The third kappa shape index (κ3) is 4.57. The number of ether oxygens (including phenoxy) is 1. The average Bonchev–Trinajstić information content (AvgIpc) is 3.09. The fourth-order valence-electron chi connectivity index (χ4n) is 3.19. The fraction of sp³-hybridized carbons (Fsp3) is 0.318. The van der Waals surface area contributed by atoms with Crippen LogP contribution in [0.15, 0.2) is 65.7 Å². The quantitative estimate of drug-likeness (QED) is 0.344. The number of anilines is 1. The van der Waals surface area contributed by atoms with E-state index in [1.54, 1.807) is 0 Å². The fourth-order valence-corrected chi connectivity index (χ4v) is 3.19. The third-order valence-corrected chi connectivity index (χ3v) is 4.81. The Morgan fingerprint density at radius 2 is 1.79 bits per heavy atom. The normalized spacial score (nSPS) is 19.2. The van der Waals surface area contributed by atoms with Crippen molar-refractivity contribution >= 4 is 29.2 Å². The van der Waals surface area contributed by atoms with Crippen molar-refractivity contribution in [1.29, 1.82) is 0 Å². The van der Waals surface area contributed by atoms with Crippen molar-refractivity contribution in [2.24, 2.45) is 10.4 Å². The van der Waals surface area contributed by atoms with E-state index in [0.717, 1.165) is 18.5 Å². The number of guanidine groups is 1. The van der Waals surface area contributed by atoms with Gasteiger partial charge in [-0.1, -0.05) is 56.2 Å². The average molecular weight is 379 g/mol. The summed E-state index contributed by atoms with van der Waals surface area (Å²) in [6.45, 7) is 2.30. The number of carbonyl (C=O) groups excluding carboxylic acids is 2. The highest BCUT2D eigenvalue weighted by Gasteiger charge is 2.50. The van der Waals surface area contributed by atoms with Crippen LogP contribution in [0.4, 0.5) is 11.4 Å². The monoisotopic (exact) mass is 379 g/mol. The summed E-state index contributed by atoms with van der Waals surface area (Å²) in [5.41, 5.74) is 0.332. The number of aliphatic imine (C=N–C) groups is 1.